The minimum absolute atomic E-state index is 0.183. The molecule has 7 heteroatoms. The third kappa shape index (κ3) is 2.31. The van der Waals surface area contributed by atoms with Gasteiger partial charge in [0.15, 0.2) is 0 Å². The average molecular weight is 265 g/mol. The summed E-state index contributed by atoms with van der Waals surface area (Å²) in [5, 5.41) is 12.7. The van der Waals surface area contributed by atoms with Gasteiger partial charge in [0.25, 0.3) is 5.56 Å². The van der Waals surface area contributed by atoms with E-state index in [1.165, 1.54) is 11.5 Å². The molecule has 0 saturated heterocycles. The summed E-state index contributed by atoms with van der Waals surface area (Å²) in [7, 11) is 1.42. The lowest BCUT2D eigenvalue weighted by molar-refractivity contribution is -0.138. The molecule has 0 aliphatic rings. The Morgan fingerprint density at radius 1 is 1.53 bits per heavy atom. The lowest BCUT2D eigenvalue weighted by atomic mass is 10.1. The van der Waals surface area contributed by atoms with Crippen molar-refractivity contribution in [2.75, 3.05) is 7.11 Å². The third-order valence-corrected chi connectivity index (χ3v) is 2.84. The van der Waals surface area contributed by atoms with Gasteiger partial charge in [0.2, 0.25) is 0 Å². The number of nitrogens with zero attached hydrogens (tertiary/aromatic N) is 3. The van der Waals surface area contributed by atoms with Gasteiger partial charge >= 0.3 is 12.0 Å². The minimum atomic E-state index is -1.13. The normalized spacial score (nSPS) is 11.2. The fourth-order valence-corrected chi connectivity index (χ4v) is 1.83. The predicted molar refractivity (Wildman–Crippen MR) is 67.7 cm³/mol. The first-order valence-electron chi connectivity index (χ1n) is 5.83. The Kier molecular flexibility index (Phi) is 3.28. The highest BCUT2D eigenvalue weighted by atomic mass is 16.5. The number of hydrogen-bond donors (Lipinski definition) is 1. The molecule has 0 radical (unpaired) electrons. The SMILES string of the molecule is COc1nn(CC(=O)O)c(=O)c2cc(C(C)C)cn12. The molecule has 2 aromatic rings. The van der Waals surface area contributed by atoms with Gasteiger partial charge in [-0.3, -0.25) is 14.0 Å². The summed E-state index contributed by atoms with van der Waals surface area (Å²) in [4.78, 5) is 22.9. The van der Waals surface area contributed by atoms with Gasteiger partial charge in [-0.15, -0.1) is 5.10 Å². The van der Waals surface area contributed by atoms with Gasteiger partial charge in [0.1, 0.15) is 12.1 Å². The summed E-state index contributed by atoms with van der Waals surface area (Å²) in [5.41, 5.74) is 0.872. The standard InChI is InChI=1S/C12H15N3O4/c1-7(2)8-4-9-11(18)15(6-10(16)17)13-12(19-3)14(9)5-8/h4-5,7H,6H2,1-3H3,(H,16,17). The van der Waals surface area contributed by atoms with E-state index in [4.69, 9.17) is 9.84 Å². The van der Waals surface area contributed by atoms with Crippen molar-refractivity contribution in [1.82, 2.24) is 14.2 Å². The van der Waals surface area contributed by atoms with E-state index >= 15 is 0 Å². The molecule has 19 heavy (non-hydrogen) atoms. The zero-order valence-corrected chi connectivity index (χ0v) is 11.0. The second kappa shape index (κ2) is 4.75. The molecular formula is C12H15N3O4. The molecule has 0 aliphatic carbocycles. The van der Waals surface area contributed by atoms with Crippen LogP contribution in [-0.2, 0) is 11.3 Å². The van der Waals surface area contributed by atoms with Gasteiger partial charge in [-0.05, 0) is 17.5 Å². The number of carboxylic acid groups (broad SMARTS) is 1. The van der Waals surface area contributed by atoms with Crippen LogP contribution in [0.2, 0.25) is 0 Å². The monoisotopic (exact) mass is 265 g/mol. The quantitative estimate of drug-likeness (QED) is 0.880. The number of ether oxygens (including phenoxy) is 1. The number of methoxy groups -OCH3 is 1. The molecule has 102 valence electrons. The highest BCUT2D eigenvalue weighted by Gasteiger charge is 2.15. The van der Waals surface area contributed by atoms with Crippen LogP contribution in [0.15, 0.2) is 17.1 Å². The Balaban J connectivity index is 2.72. The predicted octanol–water partition coefficient (Wildman–Crippen LogP) is 0.713. The summed E-state index contributed by atoms with van der Waals surface area (Å²) >= 11 is 0. The molecule has 0 atom stereocenters. The Morgan fingerprint density at radius 3 is 2.74 bits per heavy atom. The first kappa shape index (κ1) is 13.1. The maximum Gasteiger partial charge on any atom is 0.325 e. The number of aliphatic carboxylic acids is 1. The number of fused-ring (bicyclic) bond motifs is 1. The zero-order chi connectivity index (χ0) is 14.2. The number of hydrogen-bond acceptors (Lipinski definition) is 4. The number of carboxylic acids is 1. The van der Waals surface area contributed by atoms with Gasteiger partial charge in [0.05, 0.1) is 7.11 Å². The fourth-order valence-electron chi connectivity index (χ4n) is 1.83. The molecule has 0 aliphatic heterocycles. The summed E-state index contributed by atoms with van der Waals surface area (Å²) in [6.45, 7) is 3.52. The van der Waals surface area contributed by atoms with Crippen molar-refractivity contribution in [2.45, 2.75) is 26.3 Å². The molecule has 0 spiro atoms. The largest absolute Gasteiger partial charge is 0.480 e. The fraction of sp³-hybridized carbons (Fsp3) is 0.417. The molecule has 0 amide bonds. The van der Waals surface area contributed by atoms with E-state index in [1.54, 1.807) is 12.3 Å². The highest BCUT2D eigenvalue weighted by molar-refractivity contribution is 5.66. The second-order valence-corrected chi connectivity index (χ2v) is 4.53. The van der Waals surface area contributed by atoms with E-state index in [0.717, 1.165) is 10.2 Å². The Hall–Kier alpha value is -2.31. The van der Waals surface area contributed by atoms with Crippen molar-refractivity contribution in [3.05, 3.63) is 28.2 Å². The molecule has 0 fully saturated rings. The van der Waals surface area contributed by atoms with Crippen LogP contribution in [-0.4, -0.2) is 32.4 Å². The number of rotatable bonds is 4. The summed E-state index contributed by atoms with van der Waals surface area (Å²) in [6.07, 6.45) is 1.78. The van der Waals surface area contributed by atoms with Gasteiger partial charge in [-0.25, -0.2) is 4.68 Å². The Morgan fingerprint density at radius 2 is 2.21 bits per heavy atom. The first-order chi connectivity index (χ1) is 8.93. The molecule has 1 N–H and O–H groups in total. The summed E-state index contributed by atoms with van der Waals surface area (Å²) < 4.78 is 7.52. The van der Waals surface area contributed by atoms with Crippen LogP contribution < -0.4 is 10.3 Å². The number of aromatic nitrogens is 3. The van der Waals surface area contributed by atoms with E-state index in [2.05, 4.69) is 5.10 Å². The molecular weight excluding hydrogens is 250 g/mol. The summed E-state index contributed by atoms with van der Waals surface area (Å²) in [5.74, 6) is -0.881. The van der Waals surface area contributed by atoms with Gasteiger partial charge in [-0.2, -0.15) is 0 Å². The molecule has 2 heterocycles. The lowest BCUT2D eigenvalue weighted by Gasteiger charge is -2.06. The van der Waals surface area contributed by atoms with Gasteiger partial charge in [0, 0.05) is 6.20 Å². The van der Waals surface area contributed by atoms with Crippen LogP contribution >= 0.6 is 0 Å². The van der Waals surface area contributed by atoms with Gasteiger partial charge < -0.3 is 9.84 Å². The minimum Gasteiger partial charge on any atom is -0.480 e. The smallest absolute Gasteiger partial charge is 0.325 e. The Bertz CT molecular complexity index is 684. The lowest BCUT2D eigenvalue weighted by Crippen LogP contribution is -2.28. The van der Waals surface area contributed by atoms with E-state index in [1.807, 2.05) is 13.8 Å². The molecule has 2 aromatic heterocycles. The van der Waals surface area contributed by atoms with Crippen molar-refractivity contribution in [3.8, 4) is 6.01 Å². The Labute approximate surface area is 109 Å². The van der Waals surface area contributed by atoms with Crippen LogP contribution in [0.3, 0.4) is 0 Å². The second-order valence-electron chi connectivity index (χ2n) is 4.53. The average Bonchev–Trinajstić information content (AvgIpc) is 2.77. The van der Waals surface area contributed by atoms with Crippen molar-refractivity contribution in [2.24, 2.45) is 0 Å². The topological polar surface area (TPSA) is 85.8 Å². The molecule has 0 unspecified atom stereocenters. The molecule has 0 bridgehead atoms. The molecule has 0 aromatic carbocycles. The van der Waals surface area contributed by atoms with Crippen molar-refractivity contribution >= 4 is 11.5 Å². The first-order valence-corrected chi connectivity index (χ1v) is 5.83. The van der Waals surface area contributed by atoms with Crippen molar-refractivity contribution in [3.63, 3.8) is 0 Å². The maximum absolute atomic E-state index is 12.1. The zero-order valence-electron chi connectivity index (χ0n) is 11.0. The molecule has 0 saturated carbocycles. The van der Waals surface area contributed by atoms with Crippen LogP contribution in [0, 0.1) is 0 Å². The van der Waals surface area contributed by atoms with Gasteiger partial charge in [-0.1, -0.05) is 13.8 Å². The van der Waals surface area contributed by atoms with E-state index < -0.39 is 18.1 Å². The van der Waals surface area contributed by atoms with E-state index in [9.17, 15) is 9.59 Å². The van der Waals surface area contributed by atoms with Crippen LogP contribution in [0.5, 0.6) is 6.01 Å². The van der Waals surface area contributed by atoms with Crippen LogP contribution in [0.25, 0.3) is 5.52 Å². The summed E-state index contributed by atoms with van der Waals surface area (Å²) in [6, 6.07) is 1.91. The highest BCUT2D eigenvalue weighted by Crippen LogP contribution is 2.19. The van der Waals surface area contributed by atoms with Crippen molar-refractivity contribution < 1.29 is 14.6 Å². The molecule has 2 rings (SSSR count). The molecule has 7 nitrogen and oxygen atoms in total. The maximum atomic E-state index is 12.1. The van der Waals surface area contributed by atoms with Crippen LogP contribution in [0.4, 0.5) is 0 Å². The third-order valence-electron chi connectivity index (χ3n) is 2.84. The van der Waals surface area contributed by atoms with E-state index in [0.29, 0.717) is 5.52 Å². The van der Waals surface area contributed by atoms with Crippen LogP contribution in [0.1, 0.15) is 25.3 Å². The van der Waals surface area contributed by atoms with Crippen molar-refractivity contribution in [1.29, 1.82) is 0 Å². The van der Waals surface area contributed by atoms with E-state index in [-0.39, 0.29) is 11.9 Å². The number of carbonyl (C=O) groups is 1.